The molecule has 0 spiro atoms. The molecule has 2 aromatic carbocycles. The number of halogens is 2. The van der Waals surface area contributed by atoms with Gasteiger partial charge in [-0.1, -0.05) is 36.2 Å². The highest BCUT2D eigenvalue weighted by molar-refractivity contribution is 7.99. The highest BCUT2D eigenvalue weighted by Crippen LogP contribution is 2.32. The minimum absolute atomic E-state index is 0.0877. The summed E-state index contributed by atoms with van der Waals surface area (Å²) in [6, 6.07) is 14.2. The van der Waals surface area contributed by atoms with Crippen LogP contribution in [0.1, 0.15) is 92.1 Å². The van der Waals surface area contributed by atoms with Gasteiger partial charge in [0, 0.05) is 114 Å². The van der Waals surface area contributed by atoms with E-state index < -0.39 is 85.2 Å². The molecule has 3 atom stereocenters. The number of likely N-dealkylation sites (tertiary alicyclic amines) is 2. The second-order valence-corrected chi connectivity index (χ2v) is 25.2. The zero-order valence-electron chi connectivity index (χ0n) is 53.0. The van der Waals surface area contributed by atoms with Crippen molar-refractivity contribution in [2.75, 3.05) is 136 Å². The number of fused-ring (bicyclic) bond motifs is 1. The van der Waals surface area contributed by atoms with Crippen LogP contribution in [0.25, 0.3) is 10.9 Å². The van der Waals surface area contributed by atoms with Crippen LogP contribution in [0.15, 0.2) is 54.7 Å². The first kappa shape index (κ1) is 74.4. The van der Waals surface area contributed by atoms with Gasteiger partial charge in [-0.3, -0.25) is 67.7 Å². The number of aliphatic hydroxyl groups excluding tert-OH is 1. The number of nitrogens with one attached hydrogen (secondary N) is 4. The quantitative estimate of drug-likeness (QED) is 0.0398. The summed E-state index contributed by atoms with van der Waals surface area (Å²) in [6.45, 7) is 2.93. The van der Waals surface area contributed by atoms with Gasteiger partial charge >= 0.3 is 17.9 Å². The molecule has 93 heavy (non-hydrogen) atoms. The second kappa shape index (κ2) is 38.5. The summed E-state index contributed by atoms with van der Waals surface area (Å²) in [7, 11) is 0. The van der Waals surface area contributed by atoms with E-state index >= 15 is 0 Å². The first-order valence-corrected chi connectivity index (χ1v) is 33.1. The Labute approximate surface area is 545 Å². The molecule has 29 heteroatoms. The molecule has 0 bridgehead atoms. The van der Waals surface area contributed by atoms with Gasteiger partial charge < -0.3 is 56.2 Å². The topological polar surface area (TPSA) is 348 Å². The van der Waals surface area contributed by atoms with Crippen LogP contribution in [0.5, 0.6) is 5.75 Å². The third-order valence-corrected chi connectivity index (χ3v) is 17.7. The van der Waals surface area contributed by atoms with Crippen molar-refractivity contribution in [1.82, 2.24) is 55.7 Å². The summed E-state index contributed by atoms with van der Waals surface area (Å²) in [5.41, 5.74) is 3.02. The van der Waals surface area contributed by atoms with Gasteiger partial charge in [0.1, 0.15) is 23.9 Å². The number of benzene rings is 2. The molecule has 3 aromatic rings. The van der Waals surface area contributed by atoms with E-state index in [1.54, 1.807) is 48.8 Å². The second-order valence-electron chi connectivity index (χ2n) is 24.0. The Balaban J connectivity index is 0.922. The molecule has 8 N–H and O–H groups in total. The van der Waals surface area contributed by atoms with E-state index in [0.29, 0.717) is 80.2 Å². The fourth-order valence-corrected chi connectivity index (χ4v) is 12.2. The first-order valence-electron chi connectivity index (χ1n) is 31.9. The summed E-state index contributed by atoms with van der Waals surface area (Å²) in [5.74, 6) is -7.93. The molecule has 3 aliphatic rings. The molecule has 26 nitrogen and oxygen atoms in total. The molecule has 4 heterocycles. The number of alkyl halides is 2. The van der Waals surface area contributed by atoms with Crippen LogP contribution in [0.4, 0.5) is 8.78 Å². The van der Waals surface area contributed by atoms with Gasteiger partial charge in [-0.25, -0.2) is 8.78 Å². The van der Waals surface area contributed by atoms with Crippen molar-refractivity contribution in [1.29, 1.82) is 5.26 Å². The average Bonchev–Trinajstić information content (AvgIpc) is 1.56. The molecule has 6 rings (SSSR count). The van der Waals surface area contributed by atoms with Crippen molar-refractivity contribution in [3.05, 3.63) is 71.4 Å². The maximum atomic E-state index is 13.9. The van der Waals surface area contributed by atoms with E-state index in [-0.39, 0.29) is 115 Å². The maximum Gasteiger partial charge on any atom is 0.317 e. The number of thioether (sulfide) groups is 1. The number of carboxylic acids is 3. The van der Waals surface area contributed by atoms with Crippen molar-refractivity contribution < 1.29 is 77.1 Å². The van der Waals surface area contributed by atoms with Crippen LogP contribution in [0.3, 0.4) is 0 Å². The number of aryl methyl sites for hydroxylation is 2. The van der Waals surface area contributed by atoms with Gasteiger partial charge in [0.05, 0.1) is 63.0 Å². The first-order chi connectivity index (χ1) is 44.5. The van der Waals surface area contributed by atoms with Crippen LogP contribution in [0.2, 0.25) is 0 Å². The van der Waals surface area contributed by atoms with E-state index in [9.17, 15) is 77.6 Å². The van der Waals surface area contributed by atoms with Crippen molar-refractivity contribution in [2.45, 2.75) is 108 Å². The summed E-state index contributed by atoms with van der Waals surface area (Å²) in [5, 5.41) is 60.7. The van der Waals surface area contributed by atoms with Crippen LogP contribution in [0, 0.1) is 24.2 Å². The van der Waals surface area contributed by atoms with E-state index in [2.05, 4.69) is 26.3 Å². The van der Waals surface area contributed by atoms with E-state index in [4.69, 9.17) is 4.74 Å². The normalized spacial score (nSPS) is 17.9. The lowest BCUT2D eigenvalue weighted by Crippen LogP contribution is -2.52. The SMILES string of the molecule is Cc1ccc(CCCC(=O)NCCCC[C@H](NC(=O)CN2CCN(CC(=O)O)CCN(CC(=O)O)CCN(CC(=O)O)CC2)C(=O)NCCSC[C@@H](O)C(=O)N2CCC(CCCCOc3ccc4nccc(C(=O)NCC(=O)N5CC(F)(F)C[C@@H]5C#N)c4c3)CC2)cc1. The van der Waals surface area contributed by atoms with Crippen molar-refractivity contribution in [3.8, 4) is 11.8 Å². The molecule has 0 aliphatic carbocycles. The Kier molecular flexibility index (Phi) is 30.8. The predicted octanol–water partition coefficient (Wildman–Crippen LogP) is 2.30. The molecule has 3 fully saturated rings. The Morgan fingerprint density at radius 2 is 1.37 bits per heavy atom. The monoisotopic (exact) mass is 1320 g/mol. The molecule has 3 saturated heterocycles. The van der Waals surface area contributed by atoms with Crippen LogP contribution in [-0.4, -0.2) is 268 Å². The van der Waals surface area contributed by atoms with Gasteiger partial charge in [0.15, 0.2) is 0 Å². The number of aliphatic hydroxyl groups is 1. The number of hydrogen-bond acceptors (Lipinski definition) is 18. The molecular formula is C64H90F2N12O14S. The van der Waals surface area contributed by atoms with Gasteiger partial charge in [-0.15, -0.1) is 0 Å². The van der Waals surface area contributed by atoms with Gasteiger partial charge in [-0.2, -0.15) is 17.0 Å². The number of carbonyl (C=O) groups is 9. The number of ether oxygens (including phenoxy) is 1. The molecular weight excluding hydrogens is 1230 g/mol. The van der Waals surface area contributed by atoms with Crippen LogP contribution >= 0.6 is 11.8 Å². The predicted molar refractivity (Wildman–Crippen MR) is 341 cm³/mol. The zero-order chi connectivity index (χ0) is 67.3. The third kappa shape index (κ3) is 26.7. The van der Waals surface area contributed by atoms with Crippen LogP contribution < -0.4 is 26.0 Å². The average molecular weight is 1320 g/mol. The zero-order valence-corrected chi connectivity index (χ0v) is 53.8. The van der Waals surface area contributed by atoms with Crippen LogP contribution in [-0.2, 0) is 44.8 Å². The van der Waals surface area contributed by atoms with Crippen molar-refractivity contribution in [3.63, 3.8) is 0 Å². The molecule has 0 radical (unpaired) electrons. The number of rotatable bonds is 34. The molecule has 1 aromatic heterocycles. The largest absolute Gasteiger partial charge is 0.494 e. The fraction of sp³-hybridized carbons (Fsp3) is 0.609. The third-order valence-electron chi connectivity index (χ3n) is 16.7. The number of amides is 6. The molecule has 3 aliphatic heterocycles. The number of piperidine rings is 1. The highest BCUT2D eigenvalue weighted by atomic mass is 32.2. The number of nitrogens with zero attached hydrogens (tertiary/aromatic N) is 8. The minimum Gasteiger partial charge on any atom is -0.494 e. The summed E-state index contributed by atoms with van der Waals surface area (Å²) < 4.78 is 33.8. The highest BCUT2D eigenvalue weighted by Gasteiger charge is 2.47. The number of nitriles is 1. The molecule has 0 unspecified atom stereocenters. The lowest BCUT2D eigenvalue weighted by molar-refractivity contribution is -0.140. The summed E-state index contributed by atoms with van der Waals surface area (Å²) in [4.78, 5) is 128. The minimum atomic E-state index is -3.18. The smallest absolute Gasteiger partial charge is 0.317 e. The number of aromatic nitrogens is 1. The Hall–Kier alpha value is -7.62. The van der Waals surface area contributed by atoms with E-state index in [0.717, 1.165) is 54.6 Å². The number of carboxylic acid groups (broad SMARTS) is 3. The fourth-order valence-electron chi connectivity index (χ4n) is 11.5. The Bertz CT molecular complexity index is 3000. The molecule has 510 valence electrons. The van der Waals surface area contributed by atoms with Crippen molar-refractivity contribution in [2.24, 2.45) is 5.92 Å². The lowest BCUT2D eigenvalue weighted by Gasteiger charge is -2.33. The number of carbonyl (C=O) groups excluding carboxylic acids is 6. The Morgan fingerprint density at radius 1 is 0.742 bits per heavy atom. The van der Waals surface area contributed by atoms with Gasteiger partial charge in [-0.05, 0) is 100 Å². The summed E-state index contributed by atoms with van der Waals surface area (Å²) in [6.07, 6.45) is 6.47. The number of pyridine rings is 1. The van der Waals surface area contributed by atoms with Gasteiger partial charge in [0.2, 0.25) is 23.6 Å². The molecule has 0 saturated carbocycles. The number of hydrogen-bond donors (Lipinski definition) is 8. The van der Waals surface area contributed by atoms with E-state index in [1.165, 1.54) is 24.0 Å². The van der Waals surface area contributed by atoms with E-state index in [1.807, 2.05) is 31.2 Å². The lowest BCUT2D eigenvalue weighted by atomic mass is 9.91. The Morgan fingerprint density at radius 3 is 1.98 bits per heavy atom. The maximum absolute atomic E-state index is 13.9. The summed E-state index contributed by atoms with van der Waals surface area (Å²) >= 11 is 1.29. The number of unbranched alkanes of at least 4 members (excludes halogenated alkanes) is 2. The number of aliphatic carboxylic acids is 3. The standard InChI is InChI=1S/C64H90F2N12O14S/c1-45-11-13-46(14-12-45)8-6-10-55(80)69-20-4-2-9-53(72-56(81)39-73-25-27-74(40-58(83)84)29-31-76(42-60(87)88)32-30-75(28-26-73)41-59(85)86)62(90)70-22-34-93-43-54(79)63(91)77-23-18-47(19-24-77)7-3-5-33-92-49-15-16-52-51(35-49)50(17-21-68-52)61(89)71-38-57(82)78-44-64(65,66)36-48(78)37-67/h11-17,21,35,47-48,53-54,79H,2-10,18-20,22-34,36,38-44H2,1H3,(H,69,80)(H,70,90)(H,71,89)(H,72,81)(H,83,84)(H,85,86)(H,87,88)/t48-,53+,54-/m1/s1. The van der Waals surface area contributed by atoms with Gasteiger partial charge in [0.25, 0.3) is 17.7 Å². The van der Waals surface area contributed by atoms with Crippen molar-refractivity contribution >= 4 is 76.0 Å². The molecule has 6 amide bonds.